The highest BCUT2D eigenvalue weighted by Crippen LogP contribution is 2.40. The van der Waals surface area contributed by atoms with Crippen molar-refractivity contribution >= 4 is 27.0 Å². The molecule has 0 amide bonds. The summed E-state index contributed by atoms with van der Waals surface area (Å²) < 4.78 is 32.3. The molecule has 0 saturated heterocycles. The minimum atomic E-state index is -3.97. The lowest BCUT2D eigenvalue weighted by Crippen LogP contribution is -2.26. The van der Waals surface area contributed by atoms with Crippen molar-refractivity contribution < 1.29 is 17.9 Å². The summed E-state index contributed by atoms with van der Waals surface area (Å²) in [6.45, 7) is 6.21. The van der Waals surface area contributed by atoms with Crippen LogP contribution in [0.25, 0.3) is 0 Å². The number of benzene rings is 3. The molecule has 31 heavy (non-hydrogen) atoms. The molecule has 158 valence electrons. The predicted octanol–water partition coefficient (Wildman–Crippen LogP) is 5.35. The molecule has 1 aliphatic rings. The van der Waals surface area contributed by atoms with E-state index >= 15 is 0 Å². The molecule has 1 heterocycles. The van der Waals surface area contributed by atoms with Gasteiger partial charge in [0, 0.05) is 17.5 Å². The topological polar surface area (TPSA) is 63.7 Å². The van der Waals surface area contributed by atoms with E-state index in [0.717, 1.165) is 22.6 Å². The van der Waals surface area contributed by atoms with Crippen molar-refractivity contribution in [3.8, 4) is 5.75 Å². The molecule has 6 heteroatoms. The molecular weight excluding hydrogens is 410 g/mol. The van der Waals surface area contributed by atoms with E-state index in [2.05, 4.69) is 0 Å². The van der Waals surface area contributed by atoms with Crippen molar-refractivity contribution in [2.24, 2.45) is 0 Å². The fraction of sp³-hybridized carbons (Fsp3) is 0.160. The van der Waals surface area contributed by atoms with Crippen LogP contribution in [0.5, 0.6) is 5.75 Å². The van der Waals surface area contributed by atoms with Crippen molar-refractivity contribution in [1.29, 1.82) is 0 Å². The SMILES string of the molecule is CCOc1ccc(N2C=C(C(=O)c3ccc(C)cc3C)S(=O)(=O)c3ccccc32)cc1. The maximum absolute atomic E-state index is 13.4. The Morgan fingerprint density at radius 1 is 0.968 bits per heavy atom. The number of Topliss-reactive ketones (excluding diaryl/α,β-unsaturated/α-hetero) is 1. The van der Waals surface area contributed by atoms with Crippen LogP contribution < -0.4 is 9.64 Å². The zero-order valence-electron chi connectivity index (χ0n) is 17.6. The molecular formula is C25H23NO4S. The molecule has 0 fully saturated rings. The van der Waals surface area contributed by atoms with E-state index in [1.165, 1.54) is 12.3 Å². The Labute approximate surface area is 182 Å². The number of allylic oxidation sites excluding steroid dienone is 1. The standard InChI is InChI=1S/C25H23NO4S/c1-4-30-20-12-10-19(11-13-20)26-16-24(25(27)21-14-9-17(2)15-18(21)3)31(28,29)23-8-6-5-7-22(23)26/h5-16H,4H2,1-3H3. The van der Waals surface area contributed by atoms with Crippen molar-refractivity contribution in [2.45, 2.75) is 25.7 Å². The summed E-state index contributed by atoms with van der Waals surface area (Å²) in [6, 6.07) is 19.4. The van der Waals surface area contributed by atoms with Gasteiger partial charge in [-0.3, -0.25) is 4.79 Å². The molecule has 0 saturated carbocycles. The van der Waals surface area contributed by atoms with Gasteiger partial charge in [-0.15, -0.1) is 0 Å². The number of ketones is 1. The number of sulfone groups is 1. The van der Waals surface area contributed by atoms with E-state index in [4.69, 9.17) is 4.74 Å². The Kier molecular flexibility index (Phi) is 5.41. The summed E-state index contributed by atoms with van der Waals surface area (Å²) in [5.41, 5.74) is 3.37. The van der Waals surface area contributed by atoms with Crippen molar-refractivity contribution in [3.63, 3.8) is 0 Å². The Hall–Kier alpha value is -3.38. The molecule has 0 radical (unpaired) electrons. The number of fused-ring (bicyclic) bond motifs is 1. The van der Waals surface area contributed by atoms with Crippen molar-refractivity contribution in [3.05, 3.63) is 94.5 Å². The maximum Gasteiger partial charge on any atom is 0.214 e. The highest BCUT2D eigenvalue weighted by atomic mass is 32.2. The molecule has 3 aromatic rings. The Balaban J connectivity index is 1.87. The normalized spacial score (nSPS) is 14.5. The average molecular weight is 434 g/mol. The highest BCUT2D eigenvalue weighted by Gasteiger charge is 2.36. The first-order chi connectivity index (χ1) is 14.8. The van der Waals surface area contributed by atoms with Gasteiger partial charge in [0.05, 0.1) is 17.2 Å². The summed E-state index contributed by atoms with van der Waals surface area (Å²) in [6.07, 6.45) is 1.43. The van der Waals surface area contributed by atoms with Gasteiger partial charge in [-0.1, -0.05) is 35.9 Å². The number of carbonyl (C=O) groups excluding carboxylic acids is 1. The third kappa shape index (κ3) is 3.75. The van der Waals surface area contributed by atoms with E-state index < -0.39 is 15.6 Å². The molecule has 5 nitrogen and oxygen atoms in total. The fourth-order valence-electron chi connectivity index (χ4n) is 3.72. The summed E-state index contributed by atoms with van der Waals surface area (Å²) in [5, 5.41) is 0. The van der Waals surface area contributed by atoms with Crippen LogP contribution in [-0.2, 0) is 9.84 Å². The second-order valence-corrected chi connectivity index (χ2v) is 9.30. The molecule has 0 aliphatic carbocycles. The maximum atomic E-state index is 13.4. The van der Waals surface area contributed by atoms with Gasteiger partial charge >= 0.3 is 0 Å². The lowest BCUT2D eigenvalue weighted by molar-refractivity contribution is 0.104. The van der Waals surface area contributed by atoms with E-state index in [9.17, 15) is 13.2 Å². The number of hydrogen-bond acceptors (Lipinski definition) is 5. The molecule has 0 unspecified atom stereocenters. The molecule has 0 aromatic heterocycles. The molecule has 0 N–H and O–H groups in total. The molecule has 1 aliphatic heterocycles. The minimum absolute atomic E-state index is 0.111. The number of para-hydroxylation sites is 1. The summed E-state index contributed by atoms with van der Waals surface area (Å²) in [7, 11) is -3.97. The number of nitrogens with zero attached hydrogens (tertiary/aromatic N) is 1. The van der Waals surface area contributed by atoms with E-state index in [1.807, 2.05) is 57.2 Å². The third-order valence-corrected chi connectivity index (χ3v) is 7.02. The van der Waals surface area contributed by atoms with Gasteiger partial charge in [0.25, 0.3) is 0 Å². The zero-order valence-corrected chi connectivity index (χ0v) is 18.4. The van der Waals surface area contributed by atoms with Crippen molar-refractivity contribution in [1.82, 2.24) is 0 Å². The van der Waals surface area contributed by atoms with Crippen LogP contribution in [0.4, 0.5) is 11.4 Å². The van der Waals surface area contributed by atoms with E-state index in [-0.39, 0.29) is 9.80 Å². The van der Waals surface area contributed by atoms with Crippen LogP contribution in [0.15, 0.2) is 82.7 Å². The van der Waals surface area contributed by atoms with E-state index in [1.54, 1.807) is 29.2 Å². The highest BCUT2D eigenvalue weighted by molar-refractivity contribution is 7.96. The van der Waals surface area contributed by atoms with Crippen LogP contribution in [-0.4, -0.2) is 20.8 Å². The van der Waals surface area contributed by atoms with Gasteiger partial charge < -0.3 is 9.64 Å². The summed E-state index contributed by atoms with van der Waals surface area (Å²) in [4.78, 5) is 15.0. The molecule has 4 rings (SSSR count). The monoisotopic (exact) mass is 433 g/mol. The lowest BCUT2D eigenvalue weighted by atomic mass is 10.0. The quantitative estimate of drug-likeness (QED) is 0.508. The zero-order chi connectivity index (χ0) is 22.2. The number of rotatable bonds is 5. The predicted molar refractivity (Wildman–Crippen MR) is 122 cm³/mol. The number of hydrogen-bond donors (Lipinski definition) is 0. The summed E-state index contributed by atoms with van der Waals surface area (Å²) >= 11 is 0. The van der Waals surface area contributed by atoms with Crippen molar-refractivity contribution in [2.75, 3.05) is 11.5 Å². The van der Waals surface area contributed by atoms with Gasteiger partial charge in [-0.05, 0) is 62.7 Å². The summed E-state index contributed by atoms with van der Waals surface area (Å²) in [5.74, 6) is 0.211. The smallest absolute Gasteiger partial charge is 0.214 e. The Bertz CT molecular complexity index is 1290. The number of anilines is 2. The number of aryl methyl sites for hydroxylation is 2. The first-order valence-corrected chi connectivity index (χ1v) is 11.5. The van der Waals surface area contributed by atoms with Gasteiger partial charge in [-0.2, -0.15) is 0 Å². The fourth-order valence-corrected chi connectivity index (χ4v) is 5.26. The third-order valence-electron chi connectivity index (χ3n) is 5.23. The minimum Gasteiger partial charge on any atom is -0.494 e. The van der Waals surface area contributed by atoms with Gasteiger partial charge in [0.2, 0.25) is 15.6 Å². The number of ether oxygens (including phenoxy) is 1. The molecule has 0 spiro atoms. The molecule has 3 aromatic carbocycles. The second kappa shape index (κ2) is 8.04. The van der Waals surface area contributed by atoms with Crippen LogP contribution in [0.3, 0.4) is 0 Å². The van der Waals surface area contributed by atoms with Gasteiger partial charge in [0.15, 0.2) is 0 Å². The van der Waals surface area contributed by atoms with Crippen LogP contribution in [0, 0.1) is 13.8 Å². The van der Waals surface area contributed by atoms with Gasteiger partial charge in [0.1, 0.15) is 10.7 Å². The molecule has 0 atom stereocenters. The largest absolute Gasteiger partial charge is 0.494 e. The lowest BCUT2D eigenvalue weighted by Gasteiger charge is -2.29. The van der Waals surface area contributed by atoms with Crippen LogP contribution in [0.1, 0.15) is 28.4 Å². The first-order valence-electron chi connectivity index (χ1n) is 10.0. The molecule has 0 bridgehead atoms. The van der Waals surface area contributed by atoms with Gasteiger partial charge in [-0.25, -0.2) is 8.42 Å². The number of carbonyl (C=O) groups is 1. The van der Waals surface area contributed by atoms with Crippen LogP contribution in [0.2, 0.25) is 0 Å². The second-order valence-electron chi connectivity index (χ2n) is 7.41. The first kappa shape index (κ1) is 20.9. The Morgan fingerprint density at radius 2 is 1.68 bits per heavy atom. The van der Waals surface area contributed by atoms with Crippen LogP contribution >= 0.6 is 0 Å². The Morgan fingerprint density at radius 3 is 2.35 bits per heavy atom. The average Bonchev–Trinajstić information content (AvgIpc) is 2.75. The van der Waals surface area contributed by atoms with E-state index in [0.29, 0.717) is 17.9 Å².